The summed E-state index contributed by atoms with van der Waals surface area (Å²) in [6, 6.07) is 9.70. The van der Waals surface area contributed by atoms with Crippen LogP contribution < -0.4 is 9.64 Å². The number of ether oxygens (including phenoxy) is 1. The van der Waals surface area contributed by atoms with Crippen LogP contribution in [0.1, 0.15) is 17.3 Å². The highest BCUT2D eigenvalue weighted by Gasteiger charge is 2.24. The van der Waals surface area contributed by atoms with E-state index in [1.165, 1.54) is 12.1 Å². The Morgan fingerprint density at radius 1 is 1.12 bits per heavy atom. The molecule has 1 fully saturated rings. The average Bonchev–Trinajstić information content (AvgIpc) is 2.63. The number of benzene rings is 1. The second kappa shape index (κ2) is 7.25. The minimum atomic E-state index is -0.484. The summed E-state index contributed by atoms with van der Waals surface area (Å²) in [4.78, 5) is 16.1. The minimum absolute atomic E-state index is 0.117. The molecular weight excluding hydrogens is 311 g/mol. The fourth-order valence-corrected chi connectivity index (χ4v) is 2.65. The van der Waals surface area contributed by atoms with Crippen molar-refractivity contribution < 1.29 is 13.9 Å². The van der Waals surface area contributed by atoms with Crippen LogP contribution in [0.4, 0.5) is 10.2 Å². The zero-order valence-corrected chi connectivity index (χ0v) is 13.5. The summed E-state index contributed by atoms with van der Waals surface area (Å²) in [5.74, 6) is 0.485. The van der Waals surface area contributed by atoms with Gasteiger partial charge in [-0.05, 0) is 25.1 Å². The van der Waals surface area contributed by atoms with Crippen LogP contribution in [0.2, 0.25) is 0 Å². The van der Waals surface area contributed by atoms with Gasteiger partial charge in [0.2, 0.25) is 5.88 Å². The molecule has 1 amide bonds. The van der Waals surface area contributed by atoms with Crippen LogP contribution in [0.5, 0.6) is 5.88 Å². The molecule has 1 aromatic heterocycles. The van der Waals surface area contributed by atoms with Gasteiger partial charge >= 0.3 is 0 Å². The first kappa shape index (κ1) is 16.2. The zero-order valence-electron chi connectivity index (χ0n) is 13.5. The maximum absolute atomic E-state index is 13.7. The van der Waals surface area contributed by atoms with E-state index >= 15 is 0 Å². The summed E-state index contributed by atoms with van der Waals surface area (Å²) in [7, 11) is 0. The molecule has 0 spiro atoms. The van der Waals surface area contributed by atoms with Gasteiger partial charge in [0.15, 0.2) is 5.82 Å². The lowest BCUT2D eigenvalue weighted by Gasteiger charge is -2.35. The molecule has 0 saturated carbocycles. The topological polar surface area (TPSA) is 58.6 Å². The molecule has 0 unspecified atom stereocenters. The molecule has 2 heterocycles. The Morgan fingerprint density at radius 2 is 1.88 bits per heavy atom. The van der Waals surface area contributed by atoms with Gasteiger partial charge in [0, 0.05) is 32.2 Å². The van der Waals surface area contributed by atoms with Crippen molar-refractivity contribution in [3.05, 3.63) is 47.8 Å². The molecule has 3 rings (SSSR count). The first-order valence-corrected chi connectivity index (χ1v) is 7.94. The van der Waals surface area contributed by atoms with Crippen molar-refractivity contribution >= 4 is 11.7 Å². The number of nitrogens with zero attached hydrogens (tertiary/aromatic N) is 4. The van der Waals surface area contributed by atoms with Crippen molar-refractivity contribution in [2.45, 2.75) is 6.92 Å². The molecule has 6 nitrogen and oxygen atoms in total. The van der Waals surface area contributed by atoms with E-state index in [1.54, 1.807) is 23.1 Å². The van der Waals surface area contributed by atoms with Gasteiger partial charge < -0.3 is 14.5 Å². The molecule has 24 heavy (non-hydrogen) atoms. The summed E-state index contributed by atoms with van der Waals surface area (Å²) in [5.41, 5.74) is 0.117. The van der Waals surface area contributed by atoms with E-state index < -0.39 is 5.82 Å². The molecular formula is C17H19FN4O2. The Hall–Kier alpha value is -2.70. The molecule has 7 heteroatoms. The first-order chi connectivity index (χ1) is 11.7. The largest absolute Gasteiger partial charge is 0.477 e. The van der Waals surface area contributed by atoms with Crippen molar-refractivity contribution in [3.63, 3.8) is 0 Å². The average molecular weight is 330 g/mol. The highest BCUT2D eigenvalue weighted by molar-refractivity contribution is 5.94. The Kier molecular flexibility index (Phi) is 4.88. The number of carbonyl (C=O) groups excluding carboxylic acids is 1. The van der Waals surface area contributed by atoms with Crippen LogP contribution in [0.3, 0.4) is 0 Å². The summed E-state index contributed by atoms with van der Waals surface area (Å²) in [6.07, 6.45) is 0. The van der Waals surface area contributed by atoms with Crippen LogP contribution in [0.25, 0.3) is 0 Å². The van der Waals surface area contributed by atoms with Crippen LogP contribution in [-0.4, -0.2) is 53.8 Å². The molecule has 0 bridgehead atoms. The van der Waals surface area contributed by atoms with E-state index in [0.29, 0.717) is 38.7 Å². The van der Waals surface area contributed by atoms with Crippen molar-refractivity contribution in [1.29, 1.82) is 0 Å². The third-order valence-electron chi connectivity index (χ3n) is 3.91. The van der Waals surface area contributed by atoms with Gasteiger partial charge in [-0.3, -0.25) is 4.79 Å². The number of hydrogen-bond acceptors (Lipinski definition) is 5. The number of halogens is 1. The van der Waals surface area contributed by atoms with E-state index in [2.05, 4.69) is 10.2 Å². The number of carbonyl (C=O) groups is 1. The van der Waals surface area contributed by atoms with Gasteiger partial charge in [-0.25, -0.2) is 4.39 Å². The zero-order chi connectivity index (χ0) is 16.9. The maximum Gasteiger partial charge on any atom is 0.256 e. The standard InChI is InChI=1S/C17H19FN4O2/c1-2-24-16-8-7-15(19-20-16)21-9-11-22(12-10-21)17(23)13-5-3-4-6-14(13)18/h3-8H,2,9-12H2,1H3. The van der Waals surface area contributed by atoms with Gasteiger partial charge in [-0.15, -0.1) is 10.2 Å². The normalized spacial score (nSPS) is 14.6. The lowest BCUT2D eigenvalue weighted by Crippen LogP contribution is -2.49. The van der Waals surface area contributed by atoms with Crippen LogP contribution in [0, 0.1) is 5.82 Å². The van der Waals surface area contributed by atoms with Crippen molar-refractivity contribution in [3.8, 4) is 5.88 Å². The second-order valence-corrected chi connectivity index (χ2v) is 5.42. The van der Waals surface area contributed by atoms with Crippen molar-refractivity contribution in [1.82, 2.24) is 15.1 Å². The smallest absolute Gasteiger partial charge is 0.256 e. The van der Waals surface area contributed by atoms with Crippen LogP contribution >= 0.6 is 0 Å². The summed E-state index contributed by atoms with van der Waals surface area (Å²) in [6.45, 7) is 4.72. The number of piperazine rings is 1. The number of rotatable bonds is 4. The lowest BCUT2D eigenvalue weighted by molar-refractivity contribution is 0.0742. The van der Waals surface area contributed by atoms with E-state index in [1.807, 2.05) is 17.9 Å². The highest BCUT2D eigenvalue weighted by Crippen LogP contribution is 2.17. The highest BCUT2D eigenvalue weighted by atomic mass is 19.1. The predicted molar refractivity (Wildman–Crippen MR) is 87.7 cm³/mol. The molecule has 2 aromatic rings. The molecule has 0 N–H and O–H groups in total. The molecule has 1 aliphatic heterocycles. The number of hydrogen-bond donors (Lipinski definition) is 0. The summed E-state index contributed by atoms with van der Waals surface area (Å²) >= 11 is 0. The van der Waals surface area contributed by atoms with Gasteiger partial charge in [0.25, 0.3) is 5.91 Å². The molecule has 0 aliphatic carbocycles. The van der Waals surface area contributed by atoms with Crippen LogP contribution in [-0.2, 0) is 0 Å². The van der Waals surface area contributed by atoms with Crippen molar-refractivity contribution in [2.24, 2.45) is 0 Å². The van der Waals surface area contributed by atoms with E-state index in [0.717, 1.165) is 5.82 Å². The molecule has 1 aromatic carbocycles. The summed E-state index contributed by atoms with van der Waals surface area (Å²) in [5, 5.41) is 8.16. The predicted octanol–water partition coefficient (Wildman–Crippen LogP) is 1.98. The minimum Gasteiger partial charge on any atom is -0.477 e. The quantitative estimate of drug-likeness (QED) is 0.858. The van der Waals surface area contributed by atoms with Gasteiger partial charge in [-0.2, -0.15) is 0 Å². The molecule has 126 valence electrons. The molecule has 0 radical (unpaired) electrons. The fourth-order valence-electron chi connectivity index (χ4n) is 2.65. The van der Waals surface area contributed by atoms with Gasteiger partial charge in [-0.1, -0.05) is 12.1 Å². The van der Waals surface area contributed by atoms with E-state index in [-0.39, 0.29) is 11.5 Å². The number of amides is 1. The second-order valence-electron chi connectivity index (χ2n) is 5.42. The van der Waals surface area contributed by atoms with Gasteiger partial charge in [0.1, 0.15) is 5.82 Å². The fraction of sp³-hybridized carbons (Fsp3) is 0.353. The third kappa shape index (κ3) is 3.45. The Bertz CT molecular complexity index is 700. The van der Waals surface area contributed by atoms with Gasteiger partial charge in [0.05, 0.1) is 12.2 Å². The van der Waals surface area contributed by atoms with Crippen LogP contribution in [0.15, 0.2) is 36.4 Å². The third-order valence-corrected chi connectivity index (χ3v) is 3.91. The summed E-state index contributed by atoms with van der Waals surface area (Å²) < 4.78 is 19.0. The van der Waals surface area contributed by atoms with E-state index in [9.17, 15) is 9.18 Å². The lowest BCUT2D eigenvalue weighted by atomic mass is 10.1. The Morgan fingerprint density at radius 3 is 2.50 bits per heavy atom. The number of anilines is 1. The Labute approximate surface area is 139 Å². The Balaban J connectivity index is 1.61. The first-order valence-electron chi connectivity index (χ1n) is 7.94. The number of aromatic nitrogens is 2. The molecule has 1 saturated heterocycles. The van der Waals surface area contributed by atoms with E-state index in [4.69, 9.17) is 4.74 Å². The maximum atomic E-state index is 13.7. The monoisotopic (exact) mass is 330 g/mol. The SMILES string of the molecule is CCOc1ccc(N2CCN(C(=O)c3ccccc3F)CC2)nn1. The molecule has 1 aliphatic rings. The molecule has 0 atom stereocenters. The van der Waals surface area contributed by atoms with Crippen molar-refractivity contribution in [2.75, 3.05) is 37.7 Å².